The van der Waals surface area contributed by atoms with Crippen LogP contribution in [-0.4, -0.2) is 62.8 Å². The number of hydrogen-bond acceptors (Lipinski definition) is 4. The number of halogens is 2. The van der Waals surface area contributed by atoms with E-state index in [2.05, 4.69) is 20.2 Å². The molecule has 1 unspecified atom stereocenters. The second-order valence-electron chi connectivity index (χ2n) is 5.22. The number of rotatable bonds is 6. The summed E-state index contributed by atoms with van der Waals surface area (Å²) in [5.74, 6) is 1.88. The number of ether oxygens (including phenoxy) is 2. The Hall–Kier alpha value is -0.800. The maximum Gasteiger partial charge on any atom is 0.232 e. The minimum atomic E-state index is 0. The van der Waals surface area contributed by atoms with Crippen LogP contribution in [0.3, 0.4) is 0 Å². The predicted octanol–water partition coefficient (Wildman–Crippen LogP) is 2.28. The number of pyridine rings is 1. The van der Waals surface area contributed by atoms with E-state index in [1.54, 1.807) is 25.4 Å². The SMILES string of the molecule is CN=C(NCCOc1ncccc1Cl)N(C)CC1CCOC1.I. The minimum Gasteiger partial charge on any atom is -0.475 e. The van der Waals surface area contributed by atoms with Crippen LogP contribution in [0.5, 0.6) is 5.88 Å². The van der Waals surface area contributed by atoms with Crippen molar-refractivity contribution in [1.82, 2.24) is 15.2 Å². The Labute approximate surface area is 159 Å². The van der Waals surface area contributed by atoms with Crippen molar-refractivity contribution < 1.29 is 9.47 Å². The van der Waals surface area contributed by atoms with Gasteiger partial charge in [0.05, 0.1) is 13.2 Å². The monoisotopic (exact) mass is 454 g/mol. The van der Waals surface area contributed by atoms with Crippen LogP contribution in [0, 0.1) is 5.92 Å². The molecule has 1 aromatic heterocycles. The first kappa shape index (κ1) is 20.2. The normalized spacial score (nSPS) is 17.5. The van der Waals surface area contributed by atoms with E-state index in [0.717, 1.165) is 32.1 Å². The molecule has 1 aromatic rings. The van der Waals surface area contributed by atoms with Crippen LogP contribution in [0.25, 0.3) is 0 Å². The molecule has 1 aliphatic heterocycles. The van der Waals surface area contributed by atoms with E-state index < -0.39 is 0 Å². The molecular weight excluding hydrogens is 431 g/mol. The molecule has 0 spiro atoms. The first-order chi connectivity index (χ1) is 10.7. The van der Waals surface area contributed by atoms with Crippen molar-refractivity contribution in [3.05, 3.63) is 23.4 Å². The Morgan fingerprint density at radius 1 is 1.61 bits per heavy atom. The van der Waals surface area contributed by atoms with Crippen LogP contribution in [0.15, 0.2) is 23.3 Å². The summed E-state index contributed by atoms with van der Waals surface area (Å²) in [6.07, 6.45) is 2.77. The molecule has 0 amide bonds. The van der Waals surface area contributed by atoms with Crippen LogP contribution in [0.4, 0.5) is 0 Å². The van der Waals surface area contributed by atoms with Crippen molar-refractivity contribution in [3.8, 4) is 5.88 Å². The number of hydrogen-bond donors (Lipinski definition) is 1. The summed E-state index contributed by atoms with van der Waals surface area (Å²) in [5.41, 5.74) is 0. The Balaban J connectivity index is 0.00000264. The van der Waals surface area contributed by atoms with Gasteiger partial charge >= 0.3 is 0 Å². The van der Waals surface area contributed by atoms with E-state index in [4.69, 9.17) is 21.1 Å². The maximum absolute atomic E-state index is 5.99. The molecule has 1 N–H and O–H groups in total. The van der Waals surface area contributed by atoms with Gasteiger partial charge in [0, 0.05) is 39.4 Å². The third-order valence-corrected chi connectivity index (χ3v) is 3.77. The fourth-order valence-electron chi connectivity index (χ4n) is 2.37. The van der Waals surface area contributed by atoms with Crippen molar-refractivity contribution in [3.63, 3.8) is 0 Å². The van der Waals surface area contributed by atoms with Crippen molar-refractivity contribution in [1.29, 1.82) is 0 Å². The summed E-state index contributed by atoms with van der Waals surface area (Å²) in [6, 6.07) is 3.53. The second kappa shape index (κ2) is 10.9. The standard InChI is InChI=1S/C15H23ClN4O2.HI/c1-17-15(20(2)10-12-5-8-21-11-12)19-7-9-22-14-13(16)4-3-6-18-14;/h3-4,6,12H,5,7-11H2,1-2H3,(H,17,19);1H. The molecule has 1 atom stereocenters. The summed E-state index contributed by atoms with van der Waals surface area (Å²) < 4.78 is 10.9. The molecule has 8 heteroatoms. The van der Waals surface area contributed by atoms with Gasteiger partial charge < -0.3 is 19.7 Å². The van der Waals surface area contributed by atoms with Gasteiger partial charge in [-0.15, -0.1) is 24.0 Å². The molecule has 0 aliphatic carbocycles. The fourth-order valence-corrected chi connectivity index (χ4v) is 2.55. The zero-order chi connectivity index (χ0) is 15.8. The fraction of sp³-hybridized carbons (Fsp3) is 0.600. The van der Waals surface area contributed by atoms with Crippen molar-refractivity contribution in [2.24, 2.45) is 10.9 Å². The Morgan fingerprint density at radius 2 is 2.43 bits per heavy atom. The average Bonchev–Trinajstić information content (AvgIpc) is 3.02. The number of aliphatic imine (C=N–C) groups is 1. The van der Waals surface area contributed by atoms with Crippen LogP contribution < -0.4 is 10.1 Å². The van der Waals surface area contributed by atoms with Gasteiger partial charge in [0.1, 0.15) is 11.6 Å². The van der Waals surface area contributed by atoms with E-state index in [1.165, 1.54) is 0 Å². The quantitative estimate of drug-likeness (QED) is 0.309. The molecule has 1 fully saturated rings. The van der Waals surface area contributed by atoms with Crippen molar-refractivity contribution in [2.45, 2.75) is 6.42 Å². The molecular formula is C15H24ClIN4O2. The predicted molar refractivity (Wildman–Crippen MR) is 103 cm³/mol. The lowest BCUT2D eigenvalue weighted by Crippen LogP contribution is -2.42. The van der Waals surface area contributed by atoms with E-state index in [0.29, 0.717) is 30.0 Å². The third-order valence-electron chi connectivity index (χ3n) is 3.48. The number of nitrogens with one attached hydrogen (secondary N) is 1. The molecule has 23 heavy (non-hydrogen) atoms. The Kier molecular flexibility index (Phi) is 9.57. The summed E-state index contributed by atoms with van der Waals surface area (Å²) in [5, 5.41) is 3.79. The molecule has 0 saturated carbocycles. The van der Waals surface area contributed by atoms with Gasteiger partial charge in [-0.3, -0.25) is 4.99 Å². The Bertz CT molecular complexity index is 498. The lowest BCUT2D eigenvalue weighted by molar-refractivity contribution is 0.181. The molecule has 1 aliphatic rings. The van der Waals surface area contributed by atoms with Gasteiger partial charge in [0.25, 0.3) is 0 Å². The highest BCUT2D eigenvalue weighted by Gasteiger charge is 2.18. The van der Waals surface area contributed by atoms with Crippen LogP contribution in [0.2, 0.25) is 5.02 Å². The molecule has 2 heterocycles. The second-order valence-corrected chi connectivity index (χ2v) is 5.63. The minimum absolute atomic E-state index is 0. The van der Waals surface area contributed by atoms with E-state index in [1.807, 2.05) is 7.05 Å². The summed E-state index contributed by atoms with van der Waals surface area (Å²) in [4.78, 5) is 10.5. The third kappa shape index (κ3) is 6.68. The van der Waals surface area contributed by atoms with Crippen LogP contribution in [0.1, 0.15) is 6.42 Å². The van der Waals surface area contributed by atoms with Gasteiger partial charge in [-0.25, -0.2) is 4.98 Å². The van der Waals surface area contributed by atoms with E-state index in [-0.39, 0.29) is 24.0 Å². The van der Waals surface area contributed by atoms with Crippen LogP contribution >= 0.6 is 35.6 Å². The lowest BCUT2D eigenvalue weighted by atomic mass is 10.1. The average molecular weight is 455 g/mol. The summed E-state index contributed by atoms with van der Waals surface area (Å²) >= 11 is 5.99. The van der Waals surface area contributed by atoms with Gasteiger partial charge in [-0.2, -0.15) is 0 Å². The molecule has 6 nitrogen and oxygen atoms in total. The first-order valence-corrected chi connectivity index (χ1v) is 7.81. The zero-order valence-corrected chi connectivity index (χ0v) is 16.6. The molecule has 0 radical (unpaired) electrons. The lowest BCUT2D eigenvalue weighted by Gasteiger charge is -2.24. The molecule has 0 aromatic carbocycles. The summed E-state index contributed by atoms with van der Waals surface area (Å²) in [6.45, 7) is 3.74. The molecule has 2 rings (SSSR count). The highest BCUT2D eigenvalue weighted by atomic mass is 127. The number of guanidine groups is 1. The van der Waals surface area contributed by atoms with E-state index >= 15 is 0 Å². The highest BCUT2D eigenvalue weighted by Crippen LogP contribution is 2.19. The van der Waals surface area contributed by atoms with Gasteiger partial charge in [-0.05, 0) is 18.6 Å². The Morgan fingerprint density at radius 3 is 3.09 bits per heavy atom. The van der Waals surface area contributed by atoms with Crippen molar-refractivity contribution in [2.75, 3.05) is 47.0 Å². The van der Waals surface area contributed by atoms with Crippen LogP contribution in [-0.2, 0) is 4.74 Å². The first-order valence-electron chi connectivity index (χ1n) is 7.43. The number of aromatic nitrogens is 1. The van der Waals surface area contributed by atoms with Gasteiger partial charge in [-0.1, -0.05) is 11.6 Å². The topological polar surface area (TPSA) is 59.0 Å². The number of nitrogens with zero attached hydrogens (tertiary/aromatic N) is 3. The maximum atomic E-state index is 5.99. The largest absolute Gasteiger partial charge is 0.475 e. The molecule has 1 saturated heterocycles. The highest BCUT2D eigenvalue weighted by molar-refractivity contribution is 14.0. The van der Waals surface area contributed by atoms with Crippen molar-refractivity contribution >= 4 is 41.5 Å². The zero-order valence-electron chi connectivity index (χ0n) is 13.5. The van der Waals surface area contributed by atoms with E-state index in [9.17, 15) is 0 Å². The van der Waals surface area contributed by atoms with Gasteiger partial charge in [0.15, 0.2) is 5.96 Å². The molecule has 0 bridgehead atoms. The smallest absolute Gasteiger partial charge is 0.232 e. The molecule has 130 valence electrons. The summed E-state index contributed by atoms with van der Waals surface area (Å²) in [7, 11) is 3.81. The van der Waals surface area contributed by atoms with Gasteiger partial charge in [0.2, 0.25) is 5.88 Å².